The lowest BCUT2D eigenvalue weighted by atomic mass is 10.2. The molecule has 4 heteroatoms. The first kappa shape index (κ1) is 15.3. The summed E-state index contributed by atoms with van der Waals surface area (Å²) in [5.74, 6) is 0.0508. The second-order valence-corrected chi connectivity index (χ2v) is 5.82. The summed E-state index contributed by atoms with van der Waals surface area (Å²) in [4.78, 5) is 11.9. The Kier molecular flexibility index (Phi) is 6.46. The summed E-state index contributed by atoms with van der Waals surface area (Å²) in [7, 11) is 0. The monoisotopic (exact) mass is 360 g/mol. The molecule has 2 N–H and O–H groups in total. The van der Waals surface area contributed by atoms with Crippen LogP contribution < -0.4 is 10.6 Å². The summed E-state index contributed by atoms with van der Waals surface area (Å²) < 4.78 is 1.16. The molecule has 0 aliphatic heterocycles. The number of hydrogen-bond donors (Lipinski definition) is 2. The highest BCUT2D eigenvalue weighted by Gasteiger charge is 2.14. The van der Waals surface area contributed by atoms with Crippen LogP contribution in [0, 0.1) is 3.57 Å². The minimum atomic E-state index is -0.220. The topological polar surface area (TPSA) is 41.1 Å². The van der Waals surface area contributed by atoms with Gasteiger partial charge in [-0.25, -0.2) is 0 Å². The molecular formula is C14H21IN2O. The Balaban J connectivity index is 2.49. The van der Waals surface area contributed by atoms with E-state index in [-0.39, 0.29) is 18.0 Å². The molecule has 1 aromatic carbocycles. The zero-order chi connectivity index (χ0) is 13.5. The number of benzene rings is 1. The molecule has 100 valence electrons. The van der Waals surface area contributed by atoms with Crippen molar-refractivity contribution in [2.75, 3.05) is 5.32 Å². The van der Waals surface area contributed by atoms with E-state index in [9.17, 15) is 4.79 Å². The standard InChI is InChI=1S/C14H21IN2O/c1-4-6-10(2)16-14(18)11(3)17-13-8-5-7-12(15)9-13/h5,7-11,17H,4,6H2,1-3H3,(H,16,18). The van der Waals surface area contributed by atoms with Gasteiger partial charge in [-0.05, 0) is 61.1 Å². The zero-order valence-corrected chi connectivity index (χ0v) is 13.3. The predicted octanol–water partition coefficient (Wildman–Crippen LogP) is 3.40. The second-order valence-electron chi connectivity index (χ2n) is 4.57. The number of rotatable bonds is 6. The van der Waals surface area contributed by atoms with Crippen LogP contribution in [0.3, 0.4) is 0 Å². The molecule has 18 heavy (non-hydrogen) atoms. The van der Waals surface area contributed by atoms with Crippen LogP contribution in [0.15, 0.2) is 24.3 Å². The van der Waals surface area contributed by atoms with Gasteiger partial charge in [-0.1, -0.05) is 19.4 Å². The summed E-state index contributed by atoms with van der Waals surface area (Å²) in [6, 6.07) is 8.03. The fraction of sp³-hybridized carbons (Fsp3) is 0.500. The molecule has 3 nitrogen and oxygen atoms in total. The number of nitrogens with one attached hydrogen (secondary N) is 2. The first-order chi connectivity index (χ1) is 8.52. The van der Waals surface area contributed by atoms with Crippen LogP contribution in [0.25, 0.3) is 0 Å². The number of amides is 1. The Bertz CT molecular complexity index is 395. The Morgan fingerprint density at radius 2 is 2.11 bits per heavy atom. The molecule has 0 radical (unpaired) electrons. The van der Waals surface area contributed by atoms with Gasteiger partial charge in [0.05, 0.1) is 0 Å². The van der Waals surface area contributed by atoms with Gasteiger partial charge in [0.2, 0.25) is 5.91 Å². The molecular weight excluding hydrogens is 339 g/mol. The molecule has 2 unspecified atom stereocenters. The molecule has 0 fully saturated rings. The Morgan fingerprint density at radius 1 is 1.39 bits per heavy atom. The molecule has 1 amide bonds. The van der Waals surface area contributed by atoms with Crippen molar-refractivity contribution in [1.29, 1.82) is 0 Å². The predicted molar refractivity (Wildman–Crippen MR) is 84.8 cm³/mol. The molecule has 0 aliphatic carbocycles. The average Bonchev–Trinajstić information content (AvgIpc) is 2.29. The number of hydrogen-bond acceptors (Lipinski definition) is 2. The van der Waals surface area contributed by atoms with E-state index in [2.05, 4.69) is 40.1 Å². The van der Waals surface area contributed by atoms with Crippen molar-refractivity contribution >= 4 is 34.2 Å². The van der Waals surface area contributed by atoms with Gasteiger partial charge in [0.25, 0.3) is 0 Å². The lowest BCUT2D eigenvalue weighted by Crippen LogP contribution is -2.42. The van der Waals surface area contributed by atoms with E-state index in [1.54, 1.807) is 0 Å². The van der Waals surface area contributed by atoms with Gasteiger partial charge >= 0.3 is 0 Å². The van der Waals surface area contributed by atoms with Crippen molar-refractivity contribution in [2.45, 2.75) is 45.7 Å². The maximum Gasteiger partial charge on any atom is 0.242 e. The van der Waals surface area contributed by atoms with Gasteiger partial charge in [-0.15, -0.1) is 0 Å². The Morgan fingerprint density at radius 3 is 2.72 bits per heavy atom. The van der Waals surface area contributed by atoms with Crippen molar-refractivity contribution in [3.8, 4) is 0 Å². The quantitative estimate of drug-likeness (QED) is 0.764. The molecule has 0 heterocycles. The minimum absolute atomic E-state index is 0.0508. The first-order valence-corrected chi connectivity index (χ1v) is 7.43. The first-order valence-electron chi connectivity index (χ1n) is 6.35. The molecule has 0 aliphatic rings. The average molecular weight is 360 g/mol. The molecule has 2 atom stereocenters. The smallest absolute Gasteiger partial charge is 0.242 e. The van der Waals surface area contributed by atoms with Crippen molar-refractivity contribution < 1.29 is 4.79 Å². The van der Waals surface area contributed by atoms with Crippen molar-refractivity contribution in [3.63, 3.8) is 0 Å². The lowest BCUT2D eigenvalue weighted by Gasteiger charge is -2.19. The third-order valence-corrected chi connectivity index (χ3v) is 3.38. The SMILES string of the molecule is CCCC(C)NC(=O)C(C)Nc1cccc(I)c1. The number of anilines is 1. The number of carbonyl (C=O) groups is 1. The summed E-state index contributed by atoms with van der Waals surface area (Å²) in [6.45, 7) is 6.05. The summed E-state index contributed by atoms with van der Waals surface area (Å²) in [5.41, 5.74) is 0.979. The van der Waals surface area contributed by atoms with Crippen LogP contribution in [-0.4, -0.2) is 18.0 Å². The van der Waals surface area contributed by atoms with Crippen LogP contribution in [0.5, 0.6) is 0 Å². The van der Waals surface area contributed by atoms with Crippen LogP contribution in [0.4, 0.5) is 5.69 Å². The van der Waals surface area contributed by atoms with Crippen LogP contribution in [-0.2, 0) is 4.79 Å². The van der Waals surface area contributed by atoms with Gasteiger partial charge in [0.15, 0.2) is 0 Å². The highest BCUT2D eigenvalue weighted by Crippen LogP contribution is 2.13. The van der Waals surface area contributed by atoms with Gasteiger partial charge in [0, 0.05) is 15.3 Å². The Labute approximate surface area is 123 Å². The molecule has 0 spiro atoms. The van der Waals surface area contributed by atoms with Gasteiger partial charge in [-0.3, -0.25) is 4.79 Å². The van der Waals surface area contributed by atoms with E-state index in [1.807, 2.05) is 38.1 Å². The lowest BCUT2D eigenvalue weighted by molar-refractivity contribution is -0.122. The van der Waals surface area contributed by atoms with Crippen molar-refractivity contribution in [3.05, 3.63) is 27.8 Å². The highest BCUT2D eigenvalue weighted by molar-refractivity contribution is 14.1. The van der Waals surface area contributed by atoms with Crippen LogP contribution in [0.1, 0.15) is 33.6 Å². The largest absolute Gasteiger partial charge is 0.374 e. The fourth-order valence-corrected chi connectivity index (χ4v) is 2.31. The van der Waals surface area contributed by atoms with E-state index >= 15 is 0 Å². The molecule has 0 aromatic heterocycles. The van der Waals surface area contributed by atoms with E-state index in [0.717, 1.165) is 22.1 Å². The van der Waals surface area contributed by atoms with E-state index < -0.39 is 0 Å². The molecule has 1 rings (SSSR count). The third-order valence-electron chi connectivity index (χ3n) is 2.71. The Hall–Kier alpha value is -0.780. The van der Waals surface area contributed by atoms with Gasteiger partial charge < -0.3 is 10.6 Å². The molecule has 0 saturated carbocycles. The normalized spacial score (nSPS) is 13.8. The third kappa shape index (κ3) is 5.25. The fourth-order valence-electron chi connectivity index (χ4n) is 1.77. The van der Waals surface area contributed by atoms with Crippen molar-refractivity contribution in [2.24, 2.45) is 0 Å². The number of carbonyl (C=O) groups excluding carboxylic acids is 1. The van der Waals surface area contributed by atoms with Gasteiger partial charge in [0.1, 0.15) is 6.04 Å². The van der Waals surface area contributed by atoms with Gasteiger partial charge in [-0.2, -0.15) is 0 Å². The van der Waals surface area contributed by atoms with Crippen LogP contribution >= 0.6 is 22.6 Å². The maximum absolute atomic E-state index is 11.9. The summed E-state index contributed by atoms with van der Waals surface area (Å²) in [5, 5.41) is 6.23. The summed E-state index contributed by atoms with van der Waals surface area (Å²) in [6.07, 6.45) is 2.10. The van der Waals surface area contributed by atoms with E-state index in [4.69, 9.17) is 0 Å². The number of halogens is 1. The minimum Gasteiger partial charge on any atom is -0.374 e. The highest BCUT2D eigenvalue weighted by atomic mass is 127. The molecule has 0 bridgehead atoms. The van der Waals surface area contributed by atoms with Crippen LogP contribution in [0.2, 0.25) is 0 Å². The van der Waals surface area contributed by atoms with Crippen molar-refractivity contribution in [1.82, 2.24) is 5.32 Å². The molecule has 1 aromatic rings. The zero-order valence-electron chi connectivity index (χ0n) is 11.2. The second kappa shape index (κ2) is 7.61. The van der Waals surface area contributed by atoms with E-state index in [0.29, 0.717) is 0 Å². The van der Waals surface area contributed by atoms with E-state index in [1.165, 1.54) is 0 Å². The maximum atomic E-state index is 11.9. The summed E-state index contributed by atoms with van der Waals surface area (Å²) >= 11 is 2.26. The molecule has 0 saturated heterocycles.